The summed E-state index contributed by atoms with van der Waals surface area (Å²) in [6.07, 6.45) is 5.43. The van der Waals surface area contributed by atoms with Gasteiger partial charge in [0.25, 0.3) is 5.91 Å². The van der Waals surface area contributed by atoms with Crippen LogP contribution in [0.4, 0.5) is 5.69 Å². The number of hydrogen-bond donors (Lipinski definition) is 2. The first-order chi connectivity index (χ1) is 14.1. The van der Waals surface area contributed by atoms with Gasteiger partial charge in [-0.1, -0.05) is 19.3 Å². The molecule has 7 heteroatoms. The average Bonchev–Trinajstić information content (AvgIpc) is 3.55. The summed E-state index contributed by atoms with van der Waals surface area (Å²) >= 11 is 0. The molecule has 154 valence electrons. The van der Waals surface area contributed by atoms with E-state index in [2.05, 4.69) is 21.6 Å². The van der Waals surface area contributed by atoms with E-state index >= 15 is 0 Å². The van der Waals surface area contributed by atoms with Gasteiger partial charge in [-0.05, 0) is 49.9 Å². The second kappa shape index (κ2) is 8.03. The van der Waals surface area contributed by atoms with Gasteiger partial charge in [-0.3, -0.25) is 9.59 Å². The summed E-state index contributed by atoms with van der Waals surface area (Å²) in [7, 11) is 0. The van der Waals surface area contributed by atoms with Crippen LogP contribution < -0.4 is 15.5 Å². The molecule has 0 aromatic heterocycles. The number of hydrogen-bond acceptors (Lipinski definition) is 5. The van der Waals surface area contributed by atoms with E-state index in [1.807, 2.05) is 24.3 Å². The maximum absolute atomic E-state index is 13.1. The monoisotopic (exact) mass is 396 g/mol. The van der Waals surface area contributed by atoms with E-state index in [0.29, 0.717) is 44.5 Å². The van der Waals surface area contributed by atoms with Crippen LogP contribution in [0.25, 0.3) is 0 Å². The molecule has 0 bridgehead atoms. The third-order valence-corrected chi connectivity index (χ3v) is 6.32. The molecule has 1 saturated heterocycles. The van der Waals surface area contributed by atoms with Crippen molar-refractivity contribution in [2.24, 2.45) is 0 Å². The number of nitrogens with zero attached hydrogens (tertiary/aromatic N) is 2. The lowest BCUT2D eigenvalue weighted by Gasteiger charge is -2.37. The van der Waals surface area contributed by atoms with E-state index in [1.54, 1.807) is 0 Å². The maximum atomic E-state index is 13.1. The minimum Gasteiger partial charge on any atom is -0.378 e. The Balaban J connectivity index is 1.46. The first-order valence-electron chi connectivity index (χ1n) is 10.6. The number of amides is 2. The number of carbonyl (C=O) groups is 2. The number of ether oxygens (including phenoxy) is 1. The minimum absolute atomic E-state index is 0.213. The van der Waals surface area contributed by atoms with Crippen LogP contribution in [-0.2, 0) is 9.53 Å². The maximum Gasteiger partial charge on any atom is 0.252 e. The summed E-state index contributed by atoms with van der Waals surface area (Å²) in [5.41, 5.74) is -0.0441. The number of nitrogens with one attached hydrogen (secondary N) is 2. The van der Waals surface area contributed by atoms with E-state index in [1.165, 1.54) is 0 Å². The van der Waals surface area contributed by atoms with Crippen molar-refractivity contribution in [1.29, 1.82) is 5.26 Å². The molecule has 4 rings (SSSR count). The Kier molecular flexibility index (Phi) is 5.46. The fourth-order valence-electron chi connectivity index (χ4n) is 4.23. The molecule has 2 saturated carbocycles. The molecule has 2 N–H and O–H groups in total. The highest BCUT2D eigenvalue weighted by atomic mass is 16.5. The van der Waals surface area contributed by atoms with E-state index in [0.717, 1.165) is 38.0 Å². The van der Waals surface area contributed by atoms with Gasteiger partial charge in [0, 0.05) is 24.3 Å². The highest BCUT2D eigenvalue weighted by Crippen LogP contribution is 2.37. The van der Waals surface area contributed by atoms with Gasteiger partial charge < -0.3 is 20.3 Å². The molecule has 1 aromatic carbocycles. The topological polar surface area (TPSA) is 94.5 Å². The molecular weight excluding hydrogens is 368 g/mol. The largest absolute Gasteiger partial charge is 0.378 e. The SMILES string of the molecule is N#CC1(NC(=O)C2(NC(=O)c3ccc(N4CCOCC4)cc3)CCCCC2)CC1. The van der Waals surface area contributed by atoms with Crippen LogP contribution in [0.5, 0.6) is 0 Å². The predicted molar refractivity (Wildman–Crippen MR) is 108 cm³/mol. The highest BCUT2D eigenvalue weighted by molar-refractivity contribution is 5.99. The molecule has 3 aliphatic rings. The number of rotatable bonds is 5. The lowest BCUT2D eigenvalue weighted by molar-refractivity contribution is -0.129. The third-order valence-electron chi connectivity index (χ3n) is 6.32. The van der Waals surface area contributed by atoms with Crippen LogP contribution in [0.1, 0.15) is 55.3 Å². The van der Waals surface area contributed by atoms with Crippen LogP contribution in [0.3, 0.4) is 0 Å². The fraction of sp³-hybridized carbons (Fsp3) is 0.591. The van der Waals surface area contributed by atoms with Crippen LogP contribution >= 0.6 is 0 Å². The molecule has 0 spiro atoms. The number of anilines is 1. The smallest absolute Gasteiger partial charge is 0.252 e. The van der Waals surface area contributed by atoms with Crippen molar-refractivity contribution in [3.05, 3.63) is 29.8 Å². The number of morpholine rings is 1. The lowest BCUT2D eigenvalue weighted by Crippen LogP contribution is -2.61. The number of benzene rings is 1. The first-order valence-corrected chi connectivity index (χ1v) is 10.6. The molecule has 29 heavy (non-hydrogen) atoms. The average molecular weight is 396 g/mol. The van der Waals surface area contributed by atoms with E-state index < -0.39 is 11.1 Å². The second-order valence-corrected chi connectivity index (χ2v) is 8.39. The van der Waals surface area contributed by atoms with Gasteiger partial charge in [-0.25, -0.2) is 0 Å². The van der Waals surface area contributed by atoms with Crippen molar-refractivity contribution in [2.75, 3.05) is 31.2 Å². The Morgan fingerprint density at radius 2 is 1.62 bits per heavy atom. The van der Waals surface area contributed by atoms with Gasteiger partial charge >= 0.3 is 0 Å². The molecule has 0 atom stereocenters. The summed E-state index contributed by atoms with van der Waals surface area (Å²) < 4.78 is 5.38. The highest BCUT2D eigenvalue weighted by Gasteiger charge is 2.50. The standard InChI is InChI=1S/C22H28N4O3/c23-16-21(10-11-21)25-20(28)22(8-2-1-3-9-22)24-19(27)17-4-6-18(7-5-17)26-12-14-29-15-13-26/h4-7H,1-3,8-15H2,(H,24,27)(H,25,28). The van der Waals surface area contributed by atoms with Crippen molar-refractivity contribution >= 4 is 17.5 Å². The molecule has 0 radical (unpaired) electrons. The van der Waals surface area contributed by atoms with Gasteiger partial charge in [-0.2, -0.15) is 5.26 Å². The summed E-state index contributed by atoms with van der Waals surface area (Å²) in [5.74, 6) is -0.452. The van der Waals surface area contributed by atoms with E-state index in [-0.39, 0.29) is 11.8 Å². The summed E-state index contributed by atoms with van der Waals surface area (Å²) in [4.78, 5) is 28.3. The third kappa shape index (κ3) is 4.23. The van der Waals surface area contributed by atoms with E-state index in [9.17, 15) is 14.9 Å². The Morgan fingerprint density at radius 3 is 2.21 bits per heavy atom. The van der Waals surface area contributed by atoms with Gasteiger partial charge in [0.2, 0.25) is 5.91 Å². The molecule has 1 aliphatic heterocycles. The minimum atomic E-state index is -0.926. The van der Waals surface area contributed by atoms with Crippen molar-refractivity contribution in [3.63, 3.8) is 0 Å². The Labute approximate surface area is 171 Å². The summed E-state index contributed by atoms with van der Waals surface area (Å²) in [6.45, 7) is 3.11. The fourth-order valence-corrected chi connectivity index (χ4v) is 4.23. The van der Waals surface area contributed by atoms with Crippen LogP contribution in [0.15, 0.2) is 24.3 Å². The Hall–Kier alpha value is -2.59. The summed E-state index contributed by atoms with van der Waals surface area (Å²) in [6, 6.07) is 9.72. The number of carbonyl (C=O) groups excluding carboxylic acids is 2. The first kappa shape index (κ1) is 19.7. The molecule has 7 nitrogen and oxygen atoms in total. The predicted octanol–water partition coefficient (Wildman–Crippen LogP) is 2.13. The van der Waals surface area contributed by atoms with Gasteiger partial charge in [-0.15, -0.1) is 0 Å². The quantitative estimate of drug-likeness (QED) is 0.795. The van der Waals surface area contributed by atoms with Gasteiger partial charge in [0.05, 0.1) is 19.3 Å². The molecular formula is C22H28N4O3. The summed E-state index contributed by atoms with van der Waals surface area (Å²) in [5, 5.41) is 15.2. The van der Waals surface area contributed by atoms with E-state index in [4.69, 9.17) is 4.74 Å². The van der Waals surface area contributed by atoms with Crippen LogP contribution in [0, 0.1) is 11.3 Å². The Morgan fingerprint density at radius 1 is 0.966 bits per heavy atom. The zero-order valence-electron chi connectivity index (χ0n) is 16.7. The molecule has 2 amide bonds. The molecule has 1 heterocycles. The molecule has 0 unspecified atom stereocenters. The molecule has 1 aromatic rings. The van der Waals surface area contributed by atoms with Crippen LogP contribution in [0.2, 0.25) is 0 Å². The van der Waals surface area contributed by atoms with Crippen molar-refractivity contribution in [1.82, 2.24) is 10.6 Å². The van der Waals surface area contributed by atoms with Crippen molar-refractivity contribution in [3.8, 4) is 6.07 Å². The lowest BCUT2D eigenvalue weighted by atomic mass is 9.80. The molecule has 3 fully saturated rings. The van der Waals surface area contributed by atoms with Crippen molar-refractivity contribution < 1.29 is 14.3 Å². The van der Waals surface area contributed by atoms with Crippen LogP contribution in [-0.4, -0.2) is 49.2 Å². The van der Waals surface area contributed by atoms with Crippen molar-refractivity contribution in [2.45, 2.75) is 56.0 Å². The Bertz CT molecular complexity index is 798. The van der Waals surface area contributed by atoms with Gasteiger partial charge in [0.15, 0.2) is 0 Å². The molecule has 2 aliphatic carbocycles. The normalized spacial score (nSPS) is 22.2. The zero-order valence-corrected chi connectivity index (χ0v) is 16.7. The number of nitriles is 1. The van der Waals surface area contributed by atoms with Gasteiger partial charge in [0.1, 0.15) is 11.1 Å². The second-order valence-electron chi connectivity index (χ2n) is 8.39. The zero-order chi connectivity index (χ0) is 20.3.